The minimum Gasteiger partial charge on any atom is -0.107 e. The first-order valence-electron chi connectivity index (χ1n) is 5.36. The summed E-state index contributed by atoms with van der Waals surface area (Å²) < 4.78 is -0.715. The number of rotatable bonds is 4. The summed E-state index contributed by atoms with van der Waals surface area (Å²) in [5, 5.41) is 0. The molecule has 2 bridgehead atoms. The van der Waals surface area contributed by atoms with Crippen molar-refractivity contribution >= 4 is 33.4 Å². The maximum atomic E-state index is 5.86. The van der Waals surface area contributed by atoms with Gasteiger partial charge in [-0.1, -0.05) is 18.6 Å². The second-order valence-electron chi connectivity index (χ2n) is 4.64. The Bertz CT molecular complexity index is 232. The maximum Gasteiger partial charge on any atom is 0.0998 e. The van der Waals surface area contributed by atoms with Gasteiger partial charge in [-0.2, -0.15) is 0 Å². The van der Waals surface area contributed by atoms with Gasteiger partial charge in [-0.25, -0.2) is 0 Å². The predicted octanol–water partition coefficient (Wildman–Crippen LogP) is 3.67. The van der Waals surface area contributed by atoms with Crippen molar-refractivity contribution in [3.8, 4) is 0 Å². The SMILES string of the molecule is [Si]C(Cl)(Cl)CCCC1CC2C=CC1C2. The topological polar surface area (TPSA) is 0 Å². The molecule has 0 aliphatic heterocycles. The fourth-order valence-electron chi connectivity index (χ4n) is 2.81. The third-order valence-electron chi connectivity index (χ3n) is 3.48. The number of hydrogen-bond acceptors (Lipinski definition) is 0. The van der Waals surface area contributed by atoms with Crippen LogP contribution in [0.5, 0.6) is 0 Å². The largest absolute Gasteiger partial charge is 0.107 e. The summed E-state index contributed by atoms with van der Waals surface area (Å²) in [6.45, 7) is 0. The molecule has 77 valence electrons. The Labute approximate surface area is 99.5 Å². The lowest BCUT2D eigenvalue weighted by atomic mass is 9.89. The highest BCUT2D eigenvalue weighted by atomic mass is 35.5. The Hall–Kier alpha value is 0.537. The van der Waals surface area contributed by atoms with Crippen molar-refractivity contribution in [1.29, 1.82) is 0 Å². The highest BCUT2D eigenvalue weighted by Crippen LogP contribution is 2.45. The minimum atomic E-state index is -0.715. The molecule has 0 aromatic rings. The van der Waals surface area contributed by atoms with Crippen molar-refractivity contribution in [1.82, 2.24) is 0 Å². The van der Waals surface area contributed by atoms with Crippen LogP contribution >= 0.6 is 23.2 Å². The molecule has 3 unspecified atom stereocenters. The summed E-state index contributed by atoms with van der Waals surface area (Å²) in [6.07, 6.45) is 10.8. The van der Waals surface area contributed by atoms with Crippen LogP contribution in [0.1, 0.15) is 32.1 Å². The molecule has 3 atom stereocenters. The Morgan fingerprint density at radius 1 is 1.29 bits per heavy atom. The van der Waals surface area contributed by atoms with Crippen molar-refractivity contribution in [2.75, 3.05) is 0 Å². The van der Waals surface area contributed by atoms with E-state index in [0.717, 1.165) is 30.6 Å². The smallest absolute Gasteiger partial charge is 0.0998 e. The number of halogens is 2. The minimum absolute atomic E-state index is 0.715. The standard InChI is InChI=1S/C11H15Cl2Si/c12-11(13,14)5-1-2-9-6-8-3-4-10(9)7-8/h3-4,8-10H,1-2,5-7H2. The number of hydrogen-bond donors (Lipinski definition) is 0. The van der Waals surface area contributed by atoms with E-state index >= 15 is 0 Å². The lowest BCUT2D eigenvalue weighted by Gasteiger charge is -2.19. The summed E-state index contributed by atoms with van der Waals surface area (Å²) in [6, 6.07) is 0. The fraction of sp³-hybridized carbons (Fsp3) is 0.818. The highest BCUT2D eigenvalue weighted by Gasteiger charge is 2.35. The quantitative estimate of drug-likeness (QED) is 0.403. The van der Waals surface area contributed by atoms with Crippen LogP contribution in [0.2, 0.25) is 0 Å². The van der Waals surface area contributed by atoms with E-state index in [1.807, 2.05) is 0 Å². The van der Waals surface area contributed by atoms with Crippen molar-refractivity contribution in [3.05, 3.63) is 12.2 Å². The van der Waals surface area contributed by atoms with Gasteiger partial charge in [0.25, 0.3) is 0 Å². The molecule has 0 nitrogen and oxygen atoms in total. The van der Waals surface area contributed by atoms with Crippen LogP contribution in [0.4, 0.5) is 0 Å². The van der Waals surface area contributed by atoms with Gasteiger partial charge in [-0.3, -0.25) is 0 Å². The second-order valence-corrected chi connectivity index (χ2v) is 7.61. The van der Waals surface area contributed by atoms with Crippen LogP contribution in [0, 0.1) is 17.8 Å². The van der Waals surface area contributed by atoms with Gasteiger partial charge in [0.05, 0.1) is 14.2 Å². The van der Waals surface area contributed by atoms with E-state index in [1.54, 1.807) is 0 Å². The normalized spacial score (nSPS) is 35.5. The Morgan fingerprint density at radius 2 is 2.07 bits per heavy atom. The average molecular weight is 246 g/mol. The third kappa shape index (κ3) is 2.77. The molecule has 0 spiro atoms. The van der Waals surface area contributed by atoms with Gasteiger partial charge in [0.2, 0.25) is 0 Å². The molecule has 3 heteroatoms. The Kier molecular flexibility index (Phi) is 3.30. The van der Waals surface area contributed by atoms with Gasteiger partial charge in [-0.15, -0.1) is 23.2 Å². The molecule has 14 heavy (non-hydrogen) atoms. The lowest BCUT2D eigenvalue weighted by Crippen LogP contribution is -2.13. The molecule has 0 aromatic heterocycles. The Balaban J connectivity index is 1.70. The summed E-state index contributed by atoms with van der Waals surface area (Å²) >= 11 is 11.7. The highest BCUT2D eigenvalue weighted by molar-refractivity contribution is 6.65. The molecule has 0 heterocycles. The van der Waals surface area contributed by atoms with E-state index in [-0.39, 0.29) is 0 Å². The average Bonchev–Trinajstić information content (AvgIpc) is 2.62. The molecule has 0 saturated heterocycles. The summed E-state index contributed by atoms with van der Waals surface area (Å²) in [5.74, 6) is 2.63. The molecule has 1 fully saturated rings. The van der Waals surface area contributed by atoms with E-state index < -0.39 is 3.96 Å². The maximum absolute atomic E-state index is 5.86. The zero-order valence-corrected chi connectivity index (χ0v) is 10.7. The van der Waals surface area contributed by atoms with Gasteiger partial charge in [0.15, 0.2) is 0 Å². The lowest BCUT2D eigenvalue weighted by molar-refractivity contribution is 0.399. The summed E-state index contributed by atoms with van der Waals surface area (Å²) in [7, 11) is 3.30. The van der Waals surface area contributed by atoms with Crippen LogP contribution in [0.25, 0.3) is 0 Å². The summed E-state index contributed by atoms with van der Waals surface area (Å²) in [4.78, 5) is 0. The monoisotopic (exact) mass is 245 g/mol. The van der Waals surface area contributed by atoms with Gasteiger partial charge >= 0.3 is 0 Å². The van der Waals surface area contributed by atoms with Crippen molar-refractivity contribution in [2.45, 2.75) is 36.1 Å². The first-order valence-corrected chi connectivity index (χ1v) is 6.61. The van der Waals surface area contributed by atoms with E-state index in [9.17, 15) is 0 Å². The summed E-state index contributed by atoms with van der Waals surface area (Å²) in [5.41, 5.74) is 0. The number of allylic oxidation sites excluding steroid dienone is 2. The van der Waals surface area contributed by atoms with Gasteiger partial charge in [-0.05, 0) is 43.4 Å². The molecule has 0 N–H and O–H groups in total. The fourth-order valence-corrected chi connectivity index (χ4v) is 3.26. The number of alkyl halides is 2. The molecule has 0 aromatic carbocycles. The van der Waals surface area contributed by atoms with Gasteiger partial charge < -0.3 is 0 Å². The third-order valence-corrected chi connectivity index (χ3v) is 4.11. The van der Waals surface area contributed by atoms with Crippen LogP contribution in [-0.4, -0.2) is 14.2 Å². The molecule has 2 rings (SSSR count). The van der Waals surface area contributed by atoms with Crippen LogP contribution in [0.15, 0.2) is 12.2 Å². The van der Waals surface area contributed by atoms with E-state index in [1.165, 1.54) is 19.3 Å². The molecule has 1 saturated carbocycles. The predicted molar refractivity (Wildman–Crippen MR) is 62.9 cm³/mol. The Morgan fingerprint density at radius 3 is 2.57 bits per heavy atom. The van der Waals surface area contributed by atoms with Crippen LogP contribution < -0.4 is 0 Å². The molecule has 2 aliphatic carbocycles. The molecule has 3 radical (unpaired) electrons. The van der Waals surface area contributed by atoms with Crippen molar-refractivity contribution in [2.24, 2.45) is 17.8 Å². The van der Waals surface area contributed by atoms with Crippen LogP contribution in [0.3, 0.4) is 0 Å². The molecular weight excluding hydrogens is 231 g/mol. The molecule has 2 aliphatic rings. The van der Waals surface area contributed by atoms with Gasteiger partial charge in [0, 0.05) is 0 Å². The van der Waals surface area contributed by atoms with E-state index in [0.29, 0.717) is 0 Å². The zero-order valence-electron chi connectivity index (χ0n) is 8.18. The van der Waals surface area contributed by atoms with Crippen LogP contribution in [-0.2, 0) is 0 Å². The van der Waals surface area contributed by atoms with E-state index in [2.05, 4.69) is 22.4 Å². The number of fused-ring (bicyclic) bond motifs is 2. The first-order chi connectivity index (χ1) is 6.54. The first kappa shape index (κ1) is 11.0. The van der Waals surface area contributed by atoms with Crippen molar-refractivity contribution < 1.29 is 0 Å². The zero-order chi connectivity index (χ0) is 10.2. The van der Waals surface area contributed by atoms with Crippen molar-refractivity contribution in [3.63, 3.8) is 0 Å². The molecular formula is C11H15Cl2Si. The molecule has 0 amide bonds. The van der Waals surface area contributed by atoms with Gasteiger partial charge in [0.1, 0.15) is 0 Å². The van der Waals surface area contributed by atoms with E-state index in [4.69, 9.17) is 23.2 Å². The second kappa shape index (κ2) is 4.19.